The summed E-state index contributed by atoms with van der Waals surface area (Å²) < 4.78 is 21.7. The summed E-state index contributed by atoms with van der Waals surface area (Å²) in [4.78, 5) is 4.23. The number of guanidine groups is 1. The van der Waals surface area contributed by atoms with Crippen LogP contribution in [-0.2, 0) is 16.0 Å². The summed E-state index contributed by atoms with van der Waals surface area (Å²) in [5, 5.41) is 6.58. The summed E-state index contributed by atoms with van der Waals surface area (Å²) in [6.07, 6.45) is 1.82. The minimum absolute atomic E-state index is 0. The van der Waals surface area contributed by atoms with Crippen LogP contribution >= 0.6 is 24.0 Å². The molecule has 0 bridgehead atoms. The number of hydrogen-bond donors (Lipinski definition) is 2. The molecule has 2 N–H and O–H groups in total. The fourth-order valence-electron chi connectivity index (χ4n) is 2.35. The molecule has 1 heterocycles. The first-order valence-corrected chi connectivity index (χ1v) is 8.73. The van der Waals surface area contributed by atoms with E-state index in [9.17, 15) is 0 Å². The molecule has 1 aliphatic rings. The molecule has 0 radical (unpaired) electrons. The fraction of sp³-hybridized carbons (Fsp3) is 0.611. The molecule has 8 heteroatoms. The third-order valence-electron chi connectivity index (χ3n) is 3.69. The van der Waals surface area contributed by atoms with Crippen LogP contribution in [0.2, 0.25) is 0 Å². The van der Waals surface area contributed by atoms with E-state index < -0.39 is 0 Å². The maximum Gasteiger partial charge on any atom is 0.191 e. The van der Waals surface area contributed by atoms with E-state index in [0.29, 0.717) is 39.6 Å². The first kappa shape index (κ1) is 22.8. The van der Waals surface area contributed by atoms with Gasteiger partial charge >= 0.3 is 0 Å². The minimum Gasteiger partial charge on any atom is -0.490 e. The van der Waals surface area contributed by atoms with Crippen LogP contribution in [0.25, 0.3) is 0 Å². The lowest BCUT2D eigenvalue weighted by Gasteiger charge is -2.13. The number of hydrogen-bond acceptors (Lipinski definition) is 5. The van der Waals surface area contributed by atoms with Gasteiger partial charge in [0.15, 0.2) is 17.5 Å². The van der Waals surface area contributed by atoms with Gasteiger partial charge in [0.05, 0.1) is 26.4 Å². The number of methoxy groups -OCH3 is 1. The van der Waals surface area contributed by atoms with E-state index in [1.807, 2.05) is 18.2 Å². The molecule has 0 aliphatic carbocycles. The van der Waals surface area contributed by atoms with Crippen LogP contribution in [0.3, 0.4) is 0 Å². The van der Waals surface area contributed by atoms with Crippen LogP contribution < -0.4 is 20.1 Å². The van der Waals surface area contributed by atoms with Gasteiger partial charge in [-0.2, -0.15) is 0 Å². The summed E-state index contributed by atoms with van der Waals surface area (Å²) >= 11 is 0. The predicted molar refractivity (Wildman–Crippen MR) is 113 cm³/mol. The van der Waals surface area contributed by atoms with Crippen LogP contribution in [-0.4, -0.2) is 59.7 Å². The van der Waals surface area contributed by atoms with Crippen molar-refractivity contribution in [2.24, 2.45) is 4.99 Å². The topological polar surface area (TPSA) is 73.3 Å². The van der Waals surface area contributed by atoms with Gasteiger partial charge in [0.2, 0.25) is 0 Å². The zero-order valence-electron chi connectivity index (χ0n) is 15.6. The van der Waals surface area contributed by atoms with Crippen molar-refractivity contribution >= 4 is 29.9 Å². The Morgan fingerprint density at radius 1 is 1.12 bits per heavy atom. The molecule has 0 amide bonds. The maximum absolute atomic E-state index is 5.72. The standard InChI is InChI=1S/C18H29N3O4.HI/c1-19-18(20-7-3-8-23-12-11-22-2)21-14-15-5-6-16-17(13-15)25-10-4-9-24-16;/h5-6,13H,3-4,7-12,14H2,1-2H3,(H2,19,20,21);1H. The smallest absolute Gasteiger partial charge is 0.191 e. The number of fused-ring (bicyclic) bond motifs is 1. The normalized spacial score (nSPS) is 13.5. The molecule has 0 atom stereocenters. The first-order chi connectivity index (χ1) is 12.3. The Bertz CT molecular complexity index is 543. The largest absolute Gasteiger partial charge is 0.490 e. The van der Waals surface area contributed by atoms with Crippen LogP contribution in [0.15, 0.2) is 23.2 Å². The molecule has 0 fully saturated rings. The minimum atomic E-state index is 0. The Morgan fingerprint density at radius 3 is 2.69 bits per heavy atom. The van der Waals surface area contributed by atoms with Crippen molar-refractivity contribution in [3.05, 3.63) is 23.8 Å². The van der Waals surface area contributed by atoms with Crippen molar-refractivity contribution < 1.29 is 18.9 Å². The summed E-state index contributed by atoms with van der Waals surface area (Å²) in [5.74, 6) is 2.40. The Hall–Kier alpha value is -1.26. The molecule has 7 nitrogen and oxygen atoms in total. The van der Waals surface area contributed by atoms with Crippen molar-refractivity contribution in [1.29, 1.82) is 0 Å². The zero-order valence-corrected chi connectivity index (χ0v) is 17.9. The van der Waals surface area contributed by atoms with E-state index in [2.05, 4.69) is 15.6 Å². The Labute approximate surface area is 172 Å². The SMILES string of the molecule is CN=C(NCCCOCCOC)NCc1ccc2c(c1)OCCCO2.I. The average molecular weight is 479 g/mol. The monoisotopic (exact) mass is 479 g/mol. The van der Waals surface area contributed by atoms with Crippen LogP contribution in [0.4, 0.5) is 0 Å². The molecule has 26 heavy (non-hydrogen) atoms. The van der Waals surface area contributed by atoms with Crippen molar-refractivity contribution in [2.45, 2.75) is 19.4 Å². The average Bonchev–Trinajstić information content (AvgIpc) is 2.88. The van der Waals surface area contributed by atoms with Gasteiger partial charge in [0, 0.05) is 40.3 Å². The van der Waals surface area contributed by atoms with Gasteiger partial charge in [-0.05, 0) is 24.1 Å². The van der Waals surface area contributed by atoms with Gasteiger partial charge in [-0.3, -0.25) is 4.99 Å². The van der Waals surface area contributed by atoms with Gasteiger partial charge in [-0.15, -0.1) is 24.0 Å². The molecule has 1 aromatic carbocycles. The van der Waals surface area contributed by atoms with Crippen molar-refractivity contribution in [1.82, 2.24) is 10.6 Å². The highest BCUT2D eigenvalue weighted by Gasteiger charge is 2.10. The lowest BCUT2D eigenvalue weighted by atomic mass is 10.2. The molecule has 148 valence electrons. The van der Waals surface area contributed by atoms with Crippen LogP contribution in [0.1, 0.15) is 18.4 Å². The highest BCUT2D eigenvalue weighted by atomic mass is 127. The zero-order chi connectivity index (χ0) is 17.7. The van der Waals surface area contributed by atoms with E-state index in [1.165, 1.54) is 0 Å². The number of rotatable bonds is 9. The third kappa shape index (κ3) is 8.41. The summed E-state index contributed by atoms with van der Waals surface area (Å²) in [5.41, 5.74) is 1.12. The van der Waals surface area contributed by atoms with E-state index in [1.54, 1.807) is 14.2 Å². The molecular weight excluding hydrogens is 449 g/mol. The van der Waals surface area contributed by atoms with Gasteiger partial charge in [0.25, 0.3) is 0 Å². The van der Waals surface area contributed by atoms with Gasteiger partial charge in [-0.1, -0.05) is 6.07 Å². The Kier molecular flexibility index (Phi) is 12.2. The summed E-state index contributed by atoms with van der Waals surface area (Å²) in [6, 6.07) is 6.02. The van der Waals surface area contributed by atoms with Gasteiger partial charge < -0.3 is 29.6 Å². The summed E-state index contributed by atoms with van der Waals surface area (Å²) in [7, 11) is 3.43. The lowest BCUT2D eigenvalue weighted by molar-refractivity contribution is 0.0698. The third-order valence-corrected chi connectivity index (χ3v) is 3.69. The van der Waals surface area contributed by atoms with Crippen molar-refractivity contribution in [3.8, 4) is 11.5 Å². The number of halogens is 1. The van der Waals surface area contributed by atoms with Crippen LogP contribution in [0.5, 0.6) is 11.5 Å². The number of ether oxygens (including phenoxy) is 4. The second-order valence-electron chi connectivity index (χ2n) is 5.64. The van der Waals surface area contributed by atoms with E-state index in [0.717, 1.165) is 42.4 Å². The Morgan fingerprint density at radius 2 is 1.92 bits per heavy atom. The molecule has 0 unspecified atom stereocenters. The molecule has 0 aromatic heterocycles. The van der Waals surface area contributed by atoms with Crippen molar-refractivity contribution in [2.75, 3.05) is 53.7 Å². The number of nitrogens with one attached hydrogen (secondary N) is 2. The highest BCUT2D eigenvalue weighted by Crippen LogP contribution is 2.30. The predicted octanol–water partition coefficient (Wildman–Crippen LogP) is 2.18. The van der Waals surface area contributed by atoms with Crippen molar-refractivity contribution in [3.63, 3.8) is 0 Å². The first-order valence-electron chi connectivity index (χ1n) is 8.73. The van der Waals surface area contributed by atoms with E-state index in [-0.39, 0.29) is 24.0 Å². The maximum atomic E-state index is 5.72. The van der Waals surface area contributed by atoms with Crippen LogP contribution in [0, 0.1) is 0 Å². The quantitative estimate of drug-likeness (QED) is 0.245. The number of aliphatic imine (C=N–C) groups is 1. The Balaban J connectivity index is 0.00000338. The molecule has 1 aromatic rings. The van der Waals surface area contributed by atoms with Gasteiger partial charge in [-0.25, -0.2) is 0 Å². The second-order valence-corrected chi connectivity index (χ2v) is 5.64. The molecular formula is C18H30IN3O4. The molecule has 0 saturated carbocycles. The van der Waals surface area contributed by atoms with E-state index in [4.69, 9.17) is 18.9 Å². The fourth-order valence-corrected chi connectivity index (χ4v) is 2.35. The van der Waals surface area contributed by atoms with E-state index >= 15 is 0 Å². The highest BCUT2D eigenvalue weighted by molar-refractivity contribution is 14.0. The van der Waals surface area contributed by atoms with Gasteiger partial charge in [0.1, 0.15) is 0 Å². The number of nitrogens with zero attached hydrogens (tertiary/aromatic N) is 1. The second kappa shape index (κ2) is 13.9. The molecule has 0 saturated heterocycles. The molecule has 1 aliphatic heterocycles. The summed E-state index contributed by atoms with van der Waals surface area (Å²) in [6.45, 7) is 4.83. The molecule has 2 rings (SSSR count). The lowest BCUT2D eigenvalue weighted by Crippen LogP contribution is -2.37. The molecule has 0 spiro atoms. The number of benzene rings is 1.